The van der Waals surface area contributed by atoms with Gasteiger partial charge in [0.15, 0.2) is 6.61 Å². The lowest BCUT2D eigenvalue weighted by molar-refractivity contribution is -0.384. The number of nitro benzene ring substituents is 1. The molecule has 25 heavy (non-hydrogen) atoms. The monoisotopic (exact) mass is 399 g/mol. The van der Waals surface area contributed by atoms with Gasteiger partial charge in [-0.2, -0.15) is 0 Å². The molecule has 1 heterocycles. The normalized spacial score (nSPS) is 10.7. The molecule has 2 aromatic carbocycles. The summed E-state index contributed by atoms with van der Waals surface area (Å²) in [6.45, 7) is -0.0301. The predicted molar refractivity (Wildman–Crippen MR) is 92.2 cm³/mol. The number of halogens is 3. The summed E-state index contributed by atoms with van der Waals surface area (Å²) in [6, 6.07) is 8.70. The van der Waals surface area contributed by atoms with E-state index >= 15 is 0 Å². The largest absolute Gasteiger partial charge is 0.482 e. The highest BCUT2D eigenvalue weighted by molar-refractivity contribution is 6.43. The molecule has 3 rings (SSSR count). The zero-order valence-corrected chi connectivity index (χ0v) is 14.5. The number of nitro groups is 1. The fourth-order valence-electron chi connectivity index (χ4n) is 1.91. The van der Waals surface area contributed by atoms with Crippen molar-refractivity contribution in [3.05, 3.63) is 67.5 Å². The van der Waals surface area contributed by atoms with Crippen molar-refractivity contribution in [1.29, 1.82) is 0 Å². The van der Waals surface area contributed by atoms with Crippen LogP contribution in [-0.4, -0.2) is 15.1 Å². The summed E-state index contributed by atoms with van der Waals surface area (Å²) in [5.41, 5.74) is 0.526. The fourth-order valence-corrected chi connectivity index (χ4v) is 2.50. The van der Waals surface area contributed by atoms with E-state index in [-0.39, 0.29) is 24.1 Å². The Kier molecular flexibility index (Phi) is 5.08. The molecule has 1 aromatic heterocycles. The minimum atomic E-state index is -0.488. The Hall–Kier alpha value is -2.35. The number of benzene rings is 2. The van der Waals surface area contributed by atoms with E-state index in [1.165, 1.54) is 36.4 Å². The molecule has 0 aliphatic heterocycles. The van der Waals surface area contributed by atoms with E-state index in [9.17, 15) is 10.1 Å². The van der Waals surface area contributed by atoms with Crippen LogP contribution in [0.5, 0.6) is 5.75 Å². The lowest BCUT2D eigenvalue weighted by Gasteiger charge is -2.07. The van der Waals surface area contributed by atoms with Gasteiger partial charge >= 0.3 is 0 Å². The number of hydrogen-bond acceptors (Lipinski definition) is 6. The number of non-ortho nitro benzene ring substituents is 1. The second-order valence-electron chi connectivity index (χ2n) is 4.79. The molecule has 0 unspecified atom stereocenters. The van der Waals surface area contributed by atoms with Crippen LogP contribution < -0.4 is 4.74 Å². The number of rotatable bonds is 5. The molecule has 10 heteroatoms. The van der Waals surface area contributed by atoms with Gasteiger partial charge in [-0.1, -0.05) is 34.8 Å². The molecule has 7 nitrogen and oxygen atoms in total. The summed E-state index contributed by atoms with van der Waals surface area (Å²) in [4.78, 5) is 10.2. The first-order valence-electron chi connectivity index (χ1n) is 6.78. The zero-order valence-electron chi connectivity index (χ0n) is 12.3. The summed E-state index contributed by atoms with van der Waals surface area (Å²) in [5, 5.41) is 19.3. The van der Waals surface area contributed by atoms with Crippen molar-refractivity contribution in [3.63, 3.8) is 0 Å². The lowest BCUT2D eigenvalue weighted by Crippen LogP contribution is -1.96. The Labute approximate surface area is 156 Å². The number of aromatic nitrogens is 2. The van der Waals surface area contributed by atoms with Crippen LogP contribution in [-0.2, 0) is 6.61 Å². The summed E-state index contributed by atoms with van der Waals surface area (Å²) >= 11 is 17.8. The zero-order chi connectivity index (χ0) is 18.0. The number of nitrogens with zero attached hydrogens (tertiary/aromatic N) is 3. The molecular formula is C15H8Cl3N3O4. The summed E-state index contributed by atoms with van der Waals surface area (Å²) in [7, 11) is 0. The maximum atomic E-state index is 10.7. The average Bonchev–Trinajstić information content (AvgIpc) is 3.06. The second kappa shape index (κ2) is 7.26. The van der Waals surface area contributed by atoms with Crippen molar-refractivity contribution in [1.82, 2.24) is 10.2 Å². The average molecular weight is 401 g/mol. The molecule has 3 aromatic rings. The van der Waals surface area contributed by atoms with Crippen LogP contribution in [0.1, 0.15) is 5.89 Å². The third-order valence-corrected chi connectivity index (χ3v) is 4.14. The number of ether oxygens (including phenoxy) is 1. The van der Waals surface area contributed by atoms with Gasteiger partial charge in [-0.25, -0.2) is 0 Å². The first kappa shape index (κ1) is 17.5. The highest BCUT2D eigenvalue weighted by Gasteiger charge is 2.13. The van der Waals surface area contributed by atoms with Gasteiger partial charge in [0.05, 0.1) is 20.0 Å². The first-order chi connectivity index (χ1) is 11.9. The molecule has 0 spiro atoms. The Bertz CT molecular complexity index is 928. The minimum absolute atomic E-state index is 0.0268. The van der Waals surface area contributed by atoms with Crippen molar-refractivity contribution >= 4 is 40.5 Å². The van der Waals surface area contributed by atoms with E-state index in [4.69, 9.17) is 44.0 Å². The third-order valence-electron chi connectivity index (χ3n) is 3.12. The molecule has 0 radical (unpaired) electrons. The van der Waals surface area contributed by atoms with E-state index in [0.717, 1.165) is 0 Å². The van der Waals surface area contributed by atoms with Crippen molar-refractivity contribution in [3.8, 4) is 17.2 Å². The van der Waals surface area contributed by atoms with Gasteiger partial charge in [0.25, 0.3) is 11.6 Å². The van der Waals surface area contributed by atoms with Crippen LogP contribution >= 0.6 is 34.8 Å². The standard InChI is InChI=1S/C15H8Cl3N3O4/c16-10-5-12(18)13(6-11(10)17)24-7-14-19-20-15(25-14)8-1-3-9(4-2-8)21(22)23/h1-6H,7H2. The van der Waals surface area contributed by atoms with Crippen LogP contribution in [0, 0.1) is 10.1 Å². The van der Waals surface area contributed by atoms with Crippen LogP contribution in [0.4, 0.5) is 5.69 Å². The van der Waals surface area contributed by atoms with Crippen LogP contribution in [0.25, 0.3) is 11.5 Å². The highest BCUT2D eigenvalue weighted by atomic mass is 35.5. The molecule has 0 saturated carbocycles. The first-order valence-corrected chi connectivity index (χ1v) is 7.92. The molecule has 0 bridgehead atoms. The molecule has 0 amide bonds. The van der Waals surface area contributed by atoms with E-state index in [0.29, 0.717) is 26.4 Å². The van der Waals surface area contributed by atoms with Gasteiger partial charge in [-0.05, 0) is 18.2 Å². The van der Waals surface area contributed by atoms with Crippen molar-refractivity contribution < 1.29 is 14.1 Å². The van der Waals surface area contributed by atoms with Crippen LogP contribution in [0.3, 0.4) is 0 Å². The molecule has 0 aliphatic rings. The third kappa shape index (κ3) is 4.01. The Morgan fingerprint density at radius 1 is 1.04 bits per heavy atom. The summed E-state index contributed by atoms with van der Waals surface area (Å²) in [6.07, 6.45) is 0. The van der Waals surface area contributed by atoms with Gasteiger partial charge in [-0.15, -0.1) is 10.2 Å². The maximum absolute atomic E-state index is 10.7. The van der Waals surface area contributed by atoms with E-state index in [2.05, 4.69) is 10.2 Å². The van der Waals surface area contributed by atoms with Gasteiger partial charge < -0.3 is 9.15 Å². The van der Waals surface area contributed by atoms with Crippen molar-refractivity contribution in [2.45, 2.75) is 6.61 Å². The smallest absolute Gasteiger partial charge is 0.269 e. The lowest BCUT2D eigenvalue weighted by atomic mass is 10.2. The molecule has 0 saturated heterocycles. The highest BCUT2D eigenvalue weighted by Crippen LogP contribution is 2.34. The predicted octanol–water partition coefficient (Wildman–Crippen LogP) is 5.18. The van der Waals surface area contributed by atoms with Crippen molar-refractivity contribution in [2.75, 3.05) is 0 Å². The SMILES string of the molecule is O=[N+]([O-])c1ccc(-c2nnc(COc3cc(Cl)c(Cl)cc3Cl)o2)cc1. The van der Waals surface area contributed by atoms with Gasteiger partial charge in [0.2, 0.25) is 5.89 Å². The molecular weight excluding hydrogens is 393 g/mol. The molecule has 0 atom stereocenters. The number of hydrogen-bond donors (Lipinski definition) is 0. The Morgan fingerprint density at radius 2 is 1.72 bits per heavy atom. The summed E-state index contributed by atoms with van der Waals surface area (Å²) < 4.78 is 11.0. The van der Waals surface area contributed by atoms with Crippen molar-refractivity contribution in [2.24, 2.45) is 0 Å². The summed E-state index contributed by atoms with van der Waals surface area (Å²) in [5.74, 6) is 0.746. The van der Waals surface area contributed by atoms with Gasteiger partial charge in [0, 0.05) is 23.8 Å². The van der Waals surface area contributed by atoms with Gasteiger partial charge in [0.1, 0.15) is 5.75 Å². The minimum Gasteiger partial charge on any atom is -0.482 e. The van der Waals surface area contributed by atoms with E-state index in [1.807, 2.05) is 0 Å². The topological polar surface area (TPSA) is 91.3 Å². The van der Waals surface area contributed by atoms with Crippen LogP contribution in [0.2, 0.25) is 15.1 Å². The second-order valence-corrected chi connectivity index (χ2v) is 6.01. The maximum Gasteiger partial charge on any atom is 0.269 e. The molecule has 0 N–H and O–H groups in total. The molecule has 128 valence electrons. The molecule has 0 fully saturated rings. The quantitative estimate of drug-likeness (QED) is 0.333. The van der Waals surface area contributed by atoms with E-state index < -0.39 is 4.92 Å². The van der Waals surface area contributed by atoms with Gasteiger partial charge in [-0.3, -0.25) is 10.1 Å². The van der Waals surface area contributed by atoms with E-state index in [1.54, 1.807) is 0 Å². The fraction of sp³-hybridized carbons (Fsp3) is 0.0667. The molecule has 0 aliphatic carbocycles. The van der Waals surface area contributed by atoms with Crippen LogP contribution in [0.15, 0.2) is 40.8 Å². The Morgan fingerprint density at radius 3 is 2.40 bits per heavy atom. The Balaban J connectivity index is 1.72.